The summed E-state index contributed by atoms with van der Waals surface area (Å²) >= 11 is 0. The van der Waals surface area contributed by atoms with Crippen molar-refractivity contribution in [1.29, 1.82) is 0 Å². The zero-order valence-electron chi connectivity index (χ0n) is 12.7. The van der Waals surface area contributed by atoms with Gasteiger partial charge < -0.3 is 14.6 Å². The first-order valence-corrected chi connectivity index (χ1v) is 7.46. The van der Waals surface area contributed by atoms with Gasteiger partial charge in [0.25, 0.3) is 0 Å². The fourth-order valence-corrected chi connectivity index (χ4v) is 3.29. The smallest absolute Gasteiger partial charge is 0.326 e. The minimum absolute atomic E-state index is 0.151. The highest BCUT2D eigenvalue weighted by molar-refractivity contribution is 5.80. The molecule has 0 aromatic carbocycles. The summed E-state index contributed by atoms with van der Waals surface area (Å²) in [5, 5.41) is 3.20. The predicted molar refractivity (Wildman–Crippen MR) is 77.5 cm³/mol. The molecule has 0 spiro atoms. The number of hydrogen-bond acceptors (Lipinski definition) is 4. The van der Waals surface area contributed by atoms with Crippen molar-refractivity contribution in [3.05, 3.63) is 18.2 Å². The van der Waals surface area contributed by atoms with Gasteiger partial charge in [-0.1, -0.05) is 6.92 Å². The number of carbonyl (C=O) groups excluding carboxylic acids is 1. The lowest BCUT2D eigenvalue weighted by Crippen LogP contribution is -2.54. The number of esters is 1. The van der Waals surface area contributed by atoms with Crippen molar-refractivity contribution in [3.8, 4) is 0 Å². The van der Waals surface area contributed by atoms with Gasteiger partial charge in [0.1, 0.15) is 11.4 Å². The molecule has 20 heavy (non-hydrogen) atoms. The minimum Gasteiger partial charge on any atom is -0.468 e. The van der Waals surface area contributed by atoms with E-state index >= 15 is 0 Å². The van der Waals surface area contributed by atoms with Gasteiger partial charge in [0.15, 0.2) is 0 Å². The van der Waals surface area contributed by atoms with Gasteiger partial charge in [-0.3, -0.25) is 4.79 Å². The quantitative estimate of drug-likeness (QED) is 0.838. The van der Waals surface area contributed by atoms with E-state index in [0.29, 0.717) is 6.04 Å². The molecule has 1 N–H and O–H groups in total. The summed E-state index contributed by atoms with van der Waals surface area (Å²) in [7, 11) is 3.31. The minimum atomic E-state index is -0.550. The van der Waals surface area contributed by atoms with Crippen LogP contribution in [0.15, 0.2) is 12.4 Å². The average molecular weight is 279 g/mol. The molecule has 0 radical (unpaired) electrons. The molecule has 5 nitrogen and oxygen atoms in total. The van der Waals surface area contributed by atoms with Gasteiger partial charge in [-0.2, -0.15) is 0 Å². The third kappa shape index (κ3) is 2.73. The van der Waals surface area contributed by atoms with Crippen molar-refractivity contribution in [2.24, 2.45) is 0 Å². The summed E-state index contributed by atoms with van der Waals surface area (Å²) in [6, 6.07) is 0.319. The summed E-state index contributed by atoms with van der Waals surface area (Å²) in [5.41, 5.74) is -0.550. The molecule has 2 unspecified atom stereocenters. The molecule has 1 aromatic heterocycles. The molecule has 2 atom stereocenters. The number of hydrogen-bond donors (Lipinski definition) is 1. The SMILES string of the molecule is CCCc1nccn1C1CCCC(NC)(C(=O)OC)C1. The molecule has 1 fully saturated rings. The Morgan fingerprint density at radius 3 is 3.10 bits per heavy atom. The molecule has 2 rings (SSSR count). The number of methoxy groups -OCH3 is 1. The molecule has 1 heterocycles. The molecule has 0 bridgehead atoms. The van der Waals surface area contributed by atoms with Crippen LogP contribution >= 0.6 is 0 Å². The van der Waals surface area contributed by atoms with Crippen LogP contribution in [0.4, 0.5) is 0 Å². The van der Waals surface area contributed by atoms with Crippen LogP contribution in [-0.2, 0) is 16.0 Å². The summed E-state index contributed by atoms with van der Waals surface area (Å²) < 4.78 is 7.25. The van der Waals surface area contributed by atoms with Crippen LogP contribution in [0.3, 0.4) is 0 Å². The highest BCUT2D eigenvalue weighted by atomic mass is 16.5. The number of ether oxygens (including phenoxy) is 1. The van der Waals surface area contributed by atoms with Gasteiger partial charge in [-0.25, -0.2) is 4.98 Å². The van der Waals surface area contributed by atoms with E-state index in [0.717, 1.165) is 44.3 Å². The van der Waals surface area contributed by atoms with E-state index in [2.05, 4.69) is 21.8 Å². The van der Waals surface area contributed by atoms with E-state index in [9.17, 15) is 4.79 Å². The van der Waals surface area contributed by atoms with E-state index in [-0.39, 0.29) is 5.97 Å². The van der Waals surface area contributed by atoms with Crippen molar-refractivity contribution < 1.29 is 9.53 Å². The van der Waals surface area contributed by atoms with Crippen molar-refractivity contribution in [2.75, 3.05) is 14.2 Å². The monoisotopic (exact) mass is 279 g/mol. The van der Waals surface area contributed by atoms with Crippen LogP contribution in [0.1, 0.15) is 50.9 Å². The number of aryl methyl sites for hydroxylation is 1. The number of imidazole rings is 1. The van der Waals surface area contributed by atoms with Gasteiger partial charge in [-0.05, 0) is 39.2 Å². The summed E-state index contributed by atoms with van der Waals surface area (Å²) in [6.45, 7) is 2.16. The van der Waals surface area contributed by atoms with Crippen molar-refractivity contribution in [2.45, 2.75) is 57.0 Å². The van der Waals surface area contributed by atoms with E-state index in [1.54, 1.807) is 0 Å². The van der Waals surface area contributed by atoms with Crippen LogP contribution < -0.4 is 5.32 Å². The largest absolute Gasteiger partial charge is 0.468 e. The Balaban J connectivity index is 2.21. The average Bonchev–Trinajstić information content (AvgIpc) is 2.95. The fourth-order valence-electron chi connectivity index (χ4n) is 3.29. The molecular weight excluding hydrogens is 254 g/mol. The van der Waals surface area contributed by atoms with Crippen molar-refractivity contribution >= 4 is 5.97 Å². The Kier molecular flexibility index (Phi) is 4.81. The van der Waals surface area contributed by atoms with Crippen molar-refractivity contribution in [3.63, 3.8) is 0 Å². The number of rotatable bonds is 5. The number of nitrogens with zero attached hydrogens (tertiary/aromatic N) is 2. The number of carbonyl (C=O) groups is 1. The third-order valence-electron chi connectivity index (χ3n) is 4.40. The van der Waals surface area contributed by atoms with Gasteiger partial charge in [0.05, 0.1) is 7.11 Å². The third-order valence-corrected chi connectivity index (χ3v) is 4.40. The van der Waals surface area contributed by atoms with Crippen LogP contribution in [0.2, 0.25) is 0 Å². The van der Waals surface area contributed by atoms with Gasteiger partial charge >= 0.3 is 5.97 Å². The molecular formula is C15H25N3O2. The second kappa shape index (κ2) is 6.39. The Hall–Kier alpha value is -1.36. The van der Waals surface area contributed by atoms with Gasteiger partial charge in [-0.15, -0.1) is 0 Å². The maximum atomic E-state index is 12.1. The van der Waals surface area contributed by atoms with E-state index in [1.807, 2.05) is 19.4 Å². The van der Waals surface area contributed by atoms with Gasteiger partial charge in [0.2, 0.25) is 0 Å². The maximum absolute atomic E-state index is 12.1. The molecule has 1 saturated carbocycles. The summed E-state index contributed by atoms with van der Waals surface area (Å²) in [6.07, 6.45) is 9.68. The van der Waals surface area contributed by atoms with Crippen LogP contribution in [0, 0.1) is 0 Å². The van der Waals surface area contributed by atoms with E-state index in [1.165, 1.54) is 7.11 Å². The molecule has 0 saturated heterocycles. The number of aromatic nitrogens is 2. The Labute approximate surface area is 120 Å². The zero-order valence-corrected chi connectivity index (χ0v) is 12.7. The topological polar surface area (TPSA) is 56.2 Å². The lowest BCUT2D eigenvalue weighted by atomic mass is 9.78. The van der Waals surface area contributed by atoms with Crippen LogP contribution in [0.5, 0.6) is 0 Å². The maximum Gasteiger partial charge on any atom is 0.326 e. The van der Waals surface area contributed by atoms with Crippen molar-refractivity contribution in [1.82, 2.24) is 14.9 Å². The Bertz CT molecular complexity index is 458. The highest BCUT2D eigenvalue weighted by Gasteiger charge is 2.43. The van der Waals surface area contributed by atoms with Crippen LogP contribution in [-0.4, -0.2) is 35.2 Å². The van der Waals surface area contributed by atoms with Gasteiger partial charge in [0, 0.05) is 24.9 Å². The highest BCUT2D eigenvalue weighted by Crippen LogP contribution is 2.36. The summed E-state index contributed by atoms with van der Waals surface area (Å²) in [5.74, 6) is 0.969. The molecule has 5 heteroatoms. The molecule has 112 valence electrons. The lowest BCUT2D eigenvalue weighted by Gasteiger charge is -2.39. The second-order valence-corrected chi connectivity index (χ2v) is 5.57. The first kappa shape index (κ1) is 15.0. The summed E-state index contributed by atoms with van der Waals surface area (Å²) in [4.78, 5) is 16.6. The molecule has 0 aliphatic heterocycles. The van der Waals surface area contributed by atoms with E-state index in [4.69, 9.17) is 4.74 Å². The predicted octanol–water partition coefficient (Wildman–Crippen LogP) is 2.08. The fraction of sp³-hybridized carbons (Fsp3) is 0.733. The lowest BCUT2D eigenvalue weighted by molar-refractivity contribution is -0.150. The zero-order chi connectivity index (χ0) is 14.6. The molecule has 1 aliphatic carbocycles. The normalized spacial score (nSPS) is 26.4. The molecule has 0 amide bonds. The number of nitrogens with one attached hydrogen (secondary N) is 1. The van der Waals surface area contributed by atoms with Crippen LogP contribution in [0.25, 0.3) is 0 Å². The molecule has 1 aliphatic rings. The van der Waals surface area contributed by atoms with E-state index < -0.39 is 5.54 Å². The standard InChI is InChI=1S/C15H25N3O2/c1-4-6-13-17-9-10-18(13)12-7-5-8-15(11-12,16-2)14(19)20-3/h9-10,12,16H,4-8,11H2,1-3H3. The first-order chi connectivity index (χ1) is 9.66. The molecule has 1 aromatic rings. The first-order valence-electron chi connectivity index (χ1n) is 7.46. The Morgan fingerprint density at radius 2 is 2.45 bits per heavy atom. The second-order valence-electron chi connectivity index (χ2n) is 5.57. The number of likely N-dealkylation sites (N-methyl/N-ethyl adjacent to an activating group) is 1. The Morgan fingerprint density at radius 1 is 1.65 bits per heavy atom.